The third-order valence-electron chi connectivity index (χ3n) is 3.74. The molecule has 0 radical (unpaired) electrons. The van der Waals surface area contributed by atoms with E-state index in [1.807, 2.05) is 41.4 Å². The Kier molecular flexibility index (Phi) is 4.49. The summed E-state index contributed by atoms with van der Waals surface area (Å²) in [6.07, 6.45) is 1.72. The van der Waals surface area contributed by atoms with Crippen molar-refractivity contribution in [2.24, 2.45) is 5.10 Å². The summed E-state index contributed by atoms with van der Waals surface area (Å²) in [5.74, 6) is 0.256. The van der Waals surface area contributed by atoms with E-state index in [1.165, 1.54) is 5.69 Å². The van der Waals surface area contributed by atoms with E-state index in [-0.39, 0.29) is 5.75 Å². The summed E-state index contributed by atoms with van der Waals surface area (Å²) >= 11 is 5.92. The molecule has 1 N–H and O–H groups in total. The van der Waals surface area contributed by atoms with Gasteiger partial charge >= 0.3 is 0 Å². The third-order valence-corrected chi connectivity index (χ3v) is 4.00. The van der Waals surface area contributed by atoms with Crippen LogP contribution in [-0.4, -0.2) is 42.5 Å². The van der Waals surface area contributed by atoms with Crippen LogP contribution in [0.4, 0.5) is 5.69 Å². The van der Waals surface area contributed by atoms with Gasteiger partial charge in [0.1, 0.15) is 5.75 Å². The molecule has 5 heteroatoms. The van der Waals surface area contributed by atoms with Crippen molar-refractivity contribution in [1.82, 2.24) is 5.01 Å². The Morgan fingerprint density at radius 1 is 0.955 bits per heavy atom. The predicted octanol–water partition coefficient (Wildman–Crippen LogP) is 3.20. The lowest BCUT2D eigenvalue weighted by atomic mass is 10.2. The Labute approximate surface area is 135 Å². The molecule has 114 valence electrons. The maximum atomic E-state index is 9.72. The molecule has 4 nitrogen and oxygen atoms in total. The lowest BCUT2D eigenvalue weighted by Crippen LogP contribution is -2.44. The molecule has 22 heavy (non-hydrogen) atoms. The van der Waals surface area contributed by atoms with Crippen molar-refractivity contribution in [2.45, 2.75) is 0 Å². The van der Waals surface area contributed by atoms with Crippen LogP contribution in [0.5, 0.6) is 5.75 Å². The number of phenolic OH excluding ortho intramolecular Hbond substituents is 1. The Hall–Kier alpha value is -2.20. The number of rotatable bonds is 3. The van der Waals surface area contributed by atoms with Gasteiger partial charge in [0.2, 0.25) is 0 Å². The van der Waals surface area contributed by atoms with Gasteiger partial charge in [-0.05, 0) is 36.4 Å². The first-order chi connectivity index (χ1) is 10.7. The number of halogens is 1. The molecular weight excluding hydrogens is 298 g/mol. The van der Waals surface area contributed by atoms with Gasteiger partial charge in [0, 0.05) is 29.4 Å². The summed E-state index contributed by atoms with van der Waals surface area (Å²) in [4.78, 5) is 2.32. The monoisotopic (exact) mass is 315 g/mol. The van der Waals surface area contributed by atoms with Crippen LogP contribution in [0.15, 0.2) is 53.6 Å². The Morgan fingerprint density at radius 3 is 2.32 bits per heavy atom. The van der Waals surface area contributed by atoms with Gasteiger partial charge < -0.3 is 10.0 Å². The molecule has 0 spiro atoms. The van der Waals surface area contributed by atoms with Crippen molar-refractivity contribution in [1.29, 1.82) is 0 Å². The minimum Gasteiger partial charge on any atom is -0.507 e. The van der Waals surface area contributed by atoms with Crippen molar-refractivity contribution in [3.63, 3.8) is 0 Å². The standard InChI is InChI=1S/C17H18ClN3O/c18-15-5-7-16(8-6-15)20-9-11-21(12-10-20)19-13-14-3-1-2-4-17(14)22/h1-8,13,22H,9-12H2/b19-13-. The number of para-hydroxylation sites is 1. The number of hydrogen-bond donors (Lipinski definition) is 1. The molecule has 2 aromatic carbocycles. The maximum absolute atomic E-state index is 9.72. The molecule has 0 aromatic heterocycles. The minimum absolute atomic E-state index is 0.256. The fraction of sp³-hybridized carbons (Fsp3) is 0.235. The Morgan fingerprint density at radius 2 is 1.64 bits per heavy atom. The second kappa shape index (κ2) is 6.71. The van der Waals surface area contributed by atoms with Crippen LogP contribution >= 0.6 is 11.6 Å². The molecule has 1 fully saturated rings. The fourth-order valence-corrected chi connectivity index (χ4v) is 2.59. The summed E-state index contributed by atoms with van der Waals surface area (Å²) in [5, 5.41) is 17.0. The average molecular weight is 316 g/mol. The first-order valence-corrected chi connectivity index (χ1v) is 7.67. The number of hydrazone groups is 1. The normalized spacial score (nSPS) is 15.5. The quantitative estimate of drug-likeness (QED) is 0.884. The first kappa shape index (κ1) is 14.7. The van der Waals surface area contributed by atoms with E-state index in [2.05, 4.69) is 10.0 Å². The number of anilines is 1. The van der Waals surface area contributed by atoms with Gasteiger partial charge in [-0.25, -0.2) is 0 Å². The molecule has 0 saturated carbocycles. The minimum atomic E-state index is 0.256. The van der Waals surface area contributed by atoms with Crippen LogP contribution in [0.1, 0.15) is 5.56 Å². The van der Waals surface area contributed by atoms with Crippen molar-refractivity contribution in [3.05, 3.63) is 59.1 Å². The molecular formula is C17H18ClN3O. The third kappa shape index (κ3) is 3.52. The molecule has 1 aliphatic heterocycles. The van der Waals surface area contributed by atoms with E-state index < -0.39 is 0 Å². The van der Waals surface area contributed by atoms with Gasteiger partial charge in [0.15, 0.2) is 0 Å². The van der Waals surface area contributed by atoms with Gasteiger partial charge in [0.05, 0.1) is 19.3 Å². The lowest BCUT2D eigenvalue weighted by Gasteiger charge is -2.34. The van der Waals surface area contributed by atoms with E-state index in [9.17, 15) is 5.11 Å². The highest BCUT2D eigenvalue weighted by Crippen LogP contribution is 2.19. The van der Waals surface area contributed by atoms with Gasteiger partial charge in [-0.2, -0.15) is 5.10 Å². The van der Waals surface area contributed by atoms with E-state index in [0.717, 1.165) is 36.8 Å². The van der Waals surface area contributed by atoms with Crippen LogP contribution in [0, 0.1) is 0 Å². The molecule has 1 heterocycles. The highest BCUT2D eigenvalue weighted by Gasteiger charge is 2.15. The fourth-order valence-electron chi connectivity index (χ4n) is 2.46. The lowest BCUT2D eigenvalue weighted by molar-refractivity contribution is 0.272. The number of benzene rings is 2. The van der Waals surface area contributed by atoms with Gasteiger partial charge in [-0.1, -0.05) is 23.7 Å². The molecule has 0 amide bonds. The van der Waals surface area contributed by atoms with Crippen molar-refractivity contribution in [2.75, 3.05) is 31.1 Å². The molecule has 1 saturated heterocycles. The number of piperazine rings is 1. The predicted molar refractivity (Wildman–Crippen MR) is 90.9 cm³/mol. The summed E-state index contributed by atoms with van der Waals surface area (Å²) < 4.78 is 0. The highest BCUT2D eigenvalue weighted by atomic mass is 35.5. The zero-order valence-corrected chi connectivity index (χ0v) is 12.9. The number of phenols is 1. The number of nitrogens with zero attached hydrogens (tertiary/aromatic N) is 3. The summed E-state index contributed by atoms with van der Waals surface area (Å²) in [6, 6.07) is 15.1. The van der Waals surface area contributed by atoms with Crippen LogP contribution in [0.2, 0.25) is 5.02 Å². The van der Waals surface area contributed by atoms with Crippen LogP contribution in [0.3, 0.4) is 0 Å². The summed E-state index contributed by atoms with van der Waals surface area (Å²) in [7, 11) is 0. The van der Waals surface area contributed by atoms with Crippen LogP contribution in [-0.2, 0) is 0 Å². The van der Waals surface area contributed by atoms with E-state index in [1.54, 1.807) is 18.3 Å². The van der Waals surface area contributed by atoms with Crippen molar-refractivity contribution < 1.29 is 5.11 Å². The van der Waals surface area contributed by atoms with Crippen molar-refractivity contribution in [3.8, 4) is 5.75 Å². The summed E-state index contributed by atoms with van der Waals surface area (Å²) in [6.45, 7) is 3.54. The highest BCUT2D eigenvalue weighted by molar-refractivity contribution is 6.30. The van der Waals surface area contributed by atoms with E-state index >= 15 is 0 Å². The topological polar surface area (TPSA) is 39.1 Å². The zero-order valence-electron chi connectivity index (χ0n) is 12.2. The zero-order chi connectivity index (χ0) is 15.4. The Balaban J connectivity index is 1.58. The van der Waals surface area contributed by atoms with E-state index in [4.69, 9.17) is 11.6 Å². The molecule has 2 aromatic rings. The molecule has 0 aliphatic carbocycles. The molecule has 1 aliphatic rings. The maximum Gasteiger partial charge on any atom is 0.124 e. The molecule has 3 rings (SSSR count). The average Bonchev–Trinajstić information content (AvgIpc) is 2.55. The molecule has 0 atom stereocenters. The second-order valence-electron chi connectivity index (χ2n) is 5.22. The van der Waals surface area contributed by atoms with Crippen molar-refractivity contribution >= 4 is 23.5 Å². The molecule has 0 unspecified atom stereocenters. The number of hydrogen-bond acceptors (Lipinski definition) is 4. The van der Waals surface area contributed by atoms with Gasteiger partial charge in [-0.15, -0.1) is 0 Å². The van der Waals surface area contributed by atoms with Crippen LogP contribution in [0.25, 0.3) is 0 Å². The van der Waals surface area contributed by atoms with Gasteiger partial charge in [0.25, 0.3) is 0 Å². The van der Waals surface area contributed by atoms with Crippen LogP contribution < -0.4 is 4.90 Å². The smallest absolute Gasteiger partial charge is 0.124 e. The second-order valence-corrected chi connectivity index (χ2v) is 5.66. The number of aromatic hydroxyl groups is 1. The summed E-state index contributed by atoms with van der Waals surface area (Å²) in [5.41, 5.74) is 1.93. The Bertz CT molecular complexity index is 649. The SMILES string of the molecule is Oc1ccccc1/C=N\N1CCN(c2ccc(Cl)cc2)CC1. The van der Waals surface area contributed by atoms with E-state index in [0.29, 0.717) is 0 Å². The largest absolute Gasteiger partial charge is 0.507 e. The first-order valence-electron chi connectivity index (χ1n) is 7.30. The van der Waals surface area contributed by atoms with Gasteiger partial charge in [-0.3, -0.25) is 5.01 Å². The molecule has 0 bridgehead atoms.